The van der Waals surface area contributed by atoms with Gasteiger partial charge in [0.25, 0.3) is 0 Å². The van der Waals surface area contributed by atoms with Crippen LogP contribution in [-0.2, 0) is 71.4 Å². The lowest BCUT2D eigenvalue weighted by Crippen LogP contribution is -2.66. The van der Waals surface area contributed by atoms with E-state index in [4.69, 9.17) is 53.7 Å². The minimum Gasteiger partial charge on any atom is -0.456 e. The van der Waals surface area contributed by atoms with Crippen LogP contribution in [0, 0.1) is 0 Å². The summed E-state index contributed by atoms with van der Waals surface area (Å²) in [7, 11) is 0. The third-order valence-corrected chi connectivity index (χ3v) is 5.91. The molecular weight excluding hydrogens is 612 g/mol. The maximum absolute atomic E-state index is 12.2. The number of azide groups is 2. The van der Waals surface area contributed by atoms with E-state index in [9.17, 15) is 28.8 Å². The smallest absolute Gasteiger partial charge is 0.303 e. The van der Waals surface area contributed by atoms with Crippen LogP contribution in [0.1, 0.15) is 41.5 Å². The molecule has 45 heavy (non-hydrogen) atoms. The van der Waals surface area contributed by atoms with Gasteiger partial charge in [-0.2, -0.15) is 0 Å². The third-order valence-electron chi connectivity index (χ3n) is 5.91. The van der Waals surface area contributed by atoms with Crippen LogP contribution >= 0.6 is 0 Å². The van der Waals surface area contributed by atoms with Crippen LogP contribution in [-0.4, -0.2) is 110 Å². The summed E-state index contributed by atoms with van der Waals surface area (Å²) in [4.78, 5) is 77.7. The number of esters is 6. The van der Waals surface area contributed by atoms with Gasteiger partial charge in [-0.25, -0.2) is 0 Å². The van der Waals surface area contributed by atoms with Gasteiger partial charge in [-0.15, -0.1) is 0 Å². The van der Waals surface area contributed by atoms with Crippen molar-refractivity contribution in [3.05, 3.63) is 20.9 Å². The number of carbonyl (C=O) groups excluding carboxylic acids is 6. The van der Waals surface area contributed by atoms with E-state index in [-0.39, 0.29) is 0 Å². The molecule has 21 nitrogen and oxygen atoms in total. The summed E-state index contributed by atoms with van der Waals surface area (Å²) in [6.07, 6.45) is -16.0. The first-order valence-electron chi connectivity index (χ1n) is 13.2. The van der Waals surface area contributed by atoms with Crippen molar-refractivity contribution in [3.63, 3.8) is 0 Å². The van der Waals surface area contributed by atoms with Crippen LogP contribution in [0.3, 0.4) is 0 Å². The Morgan fingerprint density at radius 3 is 1.04 bits per heavy atom. The highest BCUT2D eigenvalue weighted by molar-refractivity contribution is 5.69. The van der Waals surface area contributed by atoms with Gasteiger partial charge in [-0.3, -0.25) is 28.8 Å². The molecule has 21 heteroatoms. The topological polar surface area (TPSA) is 283 Å². The summed E-state index contributed by atoms with van der Waals surface area (Å²) in [6, 6.07) is 0. The summed E-state index contributed by atoms with van der Waals surface area (Å²) in [5.41, 5.74) is 17.8. The molecule has 0 amide bonds. The second kappa shape index (κ2) is 17.0. The van der Waals surface area contributed by atoms with Crippen LogP contribution in [0.15, 0.2) is 10.2 Å². The normalized spacial score (nSPS) is 30.6. The molecule has 248 valence electrons. The molecule has 2 fully saturated rings. The second-order valence-corrected chi connectivity index (χ2v) is 9.49. The molecule has 2 saturated heterocycles. The Balaban J connectivity index is 2.69. The first-order valence-corrected chi connectivity index (χ1v) is 13.2. The molecular formula is C24H32N6O15. The summed E-state index contributed by atoms with van der Waals surface area (Å²) in [5.74, 6) is -5.39. The molecule has 0 aliphatic carbocycles. The Kier molecular flexibility index (Phi) is 13.8. The highest BCUT2D eigenvalue weighted by Crippen LogP contribution is 2.35. The molecule has 2 aliphatic heterocycles. The summed E-state index contributed by atoms with van der Waals surface area (Å²) >= 11 is 0. The molecule has 0 aromatic carbocycles. The third kappa shape index (κ3) is 10.8. The van der Waals surface area contributed by atoms with Crippen molar-refractivity contribution in [3.8, 4) is 0 Å². The highest BCUT2D eigenvalue weighted by Gasteiger charge is 2.57. The molecule has 2 heterocycles. The molecule has 2 rings (SSSR count). The molecule has 10 atom stereocenters. The van der Waals surface area contributed by atoms with E-state index in [0.717, 1.165) is 41.5 Å². The van der Waals surface area contributed by atoms with E-state index in [1.807, 2.05) is 0 Å². The number of carbonyl (C=O) groups is 6. The summed E-state index contributed by atoms with van der Waals surface area (Å²) < 4.78 is 49.7. The van der Waals surface area contributed by atoms with E-state index in [1.165, 1.54) is 0 Å². The predicted molar refractivity (Wildman–Crippen MR) is 140 cm³/mol. The van der Waals surface area contributed by atoms with Crippen LogP contribution in [0.5, 0.6) is 0 Å². The Hall–Kier alpha value is -4.68. The number of rotatable bonds is 12. The number of nitrogens with zero attached hydrogens (tertiary/aromatic N) is 6. The van der Waals surface area contributed by atoms with Crippen LogP contribution in [0.2, 0.25) is 0 Å². The minimum atomic E-state index is -1.81. The maximum Gasteiger partial charge on any atom is 0.303 e. The molecule has 0 bridgehead atoms. The van der Waals surface area contributed by atoms with Gasteiger partial charge in [-0.1, -0.05) is 10.2 Å². The molecule has 0 aromatic heterocycles. The lowest BCUT2D eigenvalue weighted by atomic mass is 9.96. The van der Waals surface area contributed by atoms with Gasteiger partial charge in [0.1, 0.15) is 12.2 Å². The number of hydrogen-bond acceptors (Lipinski definition) is 17. The highest BCUT2D eigenvalue weighted by atomic mass is 16.8. The largest absolute Gasteiger partial charge is 0.456 e. The number of ether oxygens (including phenoxy) is 9. The van der Waals surface area contributed by atoms with Gasteiger partial charge in [0.15, 0.2) is 36.6 Å². The molecule has 0 spiro atoms. The lowest BCUT2D eigenvalue weighted by Gasteiger charge is -2.48. The first-order chi connectivity index (χ1) is 21.2. The SMILES string of the molecule is CC(=O)O[C@@H]1[C@@H](OC(C)=O)[C@@H](O[C@H]2O[C@H](CN=[N+]=[N-])[C@@H](OC(C)=O)[C@H](OC(C)=O)[C@H]2OC(C)=O)O[C@H](CN=[N+]=[N-])[C@H]1OC(C)=O. The first kappa shape index (κ1) is 36.5. The zero-order valence-electron chi connectivity index (χ0n) is 25.0. The van der Waals surface area contributed by atoms with E-state index in [0.29, 0.717) is 0 Å². The molecule has 2 aliphatic rings. The molecule has 0 saturated carbocycles. The van der Waals surface area contributed by atoms with Gasteiger partial charge in [0.2, 0.25) is 12.6 Å². The molecule has 0 N–H and O–H groups in total. The van der Waals surface area contributed by atoms with E-state index < -0.39 is 110 Å². The van der Waals surface area contributed by atoms with Gasteiger partial charge in [-0.05, 0) is 11.1 Å². The Morgan fingerprint density at radius 1 is 0.511 bits per heavy atom. The zero-order chi connectivity index (χ0) is 33.8. The lowest BCUT2D eigenvalue weighted by molar-refractivity contribution is -0.373. The summed E-state index contributed by atoms with van der Waals surface area (Å²) in [6.45, 7) is 5.10. The van der Waals surface area contributed by atoms with Crippen LogP contribution in [0.25, 0.3) is 20.9 Å². The van der Waals surface area contributed by atoms with E-state index >= 15 is 0 Å². The van der Waals surface area contributed by atoms with Crippen molar-refractivity contribution in [2.45, 2.75) is 103 Å². The standard InChI is InChI=1S/C24H32N6O15/c1-9(31)37-17-15(7-27-29-25)43-23(21(41-13(5)35)19(17)39-11(3)33)45-24-22(42-14(6)36)20(40-12(4)34)18(38-10(2)32)16(44-24)8-28-30-26/h15-24H,7-8H2,1-6H3/t15-,16-,17-,18-,19+,20+,21-,22-,23-,24-/m1/s1. The maximum atomic E-state index is 12.2. The van der Waals surface area contributed by atoms with Crippen molar-refractivity contribution >= 4 is 35.8 Å². The predicted octanol–water partition coefficient (Wildman–Crippen LogP) is 0.664. The molecule has 0 radical (unpaired) electrons. The fourth-order valence-corrected chi connectivity index (χ4v) is 4.59. The Labute approximate surface area is 254 Å². The fraction of sp³-hybridized carbons (Fsp3) is 0.750. The van der Waals surface area contributed by atoms with E-state index in [2.05, 4.69) is 20.1 Å². The van der Waals surface area contributed by atoms with Gasteiger partial charge >= 0.3 is 35.8 Å². The average Bonchev–Trinajstić information content (AvgIpc) is 2.91. The molecule has 0 unspecified atom stereocenters. The monoisotopic (exact) mass is 644 g/mol. The minimum absolute atomic E-state index is 0.512. The van der Waals surface area contributed by atoms with Gasteiger partial charge < -0.3 is 42.6 Å². The van der Waals surface area contributed by atoms with Crippen molar-refractivity contribution in [1.29, 1.82) is 0 Å². The van der Waals surface area contributed by atoms with Crippen molar-refractivity contribution in [2.75, 3.05) is 13.1 Å². The Bertz CT molecular complexity index is 1140. The van der Waals surface area contributed by atoms with Gasteiger partial charge in [0, 0.05) is 51.4 Å². The average molecular weight is 645 g/mol. The Morgan fingerprint density at radius 2 is 0.778 bits per heavy atom. The van der Waals surface area contributed by atoms with Crippen LogP contribution in [0.4, 0.5) is 0 Å². The second-order valence-electron chi connectivity index (χ2n) is 9.49. The number of hydrogen-bond donors (Lipinski definition) is 0. The summed E-state index contributed by atoms with van der Waals surface area (Å²) in [5, 5.41) is 6.85. The van der Waals surface area contributed by atoms with Gasteiger partial charge in [0.05, 0.1) is 13.1 Å². The van der Waals surface area contributed by atoms with Crippen LogP contribution < -0.4 is 0 Å². The van der Waals surface area contributed by atoms with Crippen molar-refractivity contribution < 1.29 is 71.4 Å². The van der Waals surface area contributed by atoms with Crippen molar-refractivity contribution in [1.82, 2.24) is 0 Å². The van der Waals surface area contributed by atoms with Crippen molar-refractivity contribution in [2.24, 2.45) is 10.2 Å². The quantitative estimate of drug-likeness (QED) is 0.0927. The fourth-order valence-electron chi connectivity index (χ4n) is 4.59. The van der Waals surface area contributed by atoms with E-state index in [1.54, 1.807) is 0 Å². The zero-order valence-corrected chi connectivity index (χ0v) is 25.0. The molecule has 0 aromatic rings.